The predicted molar refractivity (Wildman–Crippen MR) is 83.1 cm³/mol. The molecule has 1 aromatic rings. The number of anilines is 1. The standard InChI is InChI=1S/C12H13N5O8S/c1-23-15-8(6-4-26-12(13)14-6)9(20)16-25-11(22)5-2-17(10(5)21)24-3-7(18)19/h4-5H,2-3H2,1H3,(H2,13,14)(H,16,20)(H,18,19)/t5-/m1/s1. The summed E-state index contributed by atoms with van der Waals surface area (Å²) in [5.41, 5.74) is 7.12. The average Bonchev–Trinajstić information content (AvgIpc) is 3.01. The molecule has 1 aliphatic heterocycles. The lowest BCUT2D eigenvalue weighted by molar-refractivity contribution is -0.226. The lowest BCUT2D eigenvalue weighted by Gasteiger charge is -2.34. The molecular weight excluding hydrogens is 374 g/mol. The van der Waals surface area contributed by atoms with Crippen molar-refractivity contribution in [3.63, 3.8) is 0 Å². The molecule has 0 radical (unpaired) electrons. The Kier molecular flexibility index (Phi) is 6.03. The number of nitrogens with one attached hydrogen (secondary N) is 1. The summed E-state index contributed by atoms with van der Waals surface area (Å²) in [5.74, 6) is -5.28. The number of aromatic nitrogens is 1. The molecule has 140 valence electrons. The first kappa shape index (κ1) is 19.1. The maximum absolute atomic E-state index is 12.0. The van der Waals surface area contributed by atoms with Gasteiger partial charge in [-0.3, -0.25) is 14.4 Å². The van der Waals surface area contributed by atoms with Gasteiger partial charge >= 0.3 is 17.8 Å². The molecule has 0 unspecified atom stereocenters. The molecule has 2 heterocycles. The van der Waals surface area contributed by atoms with E-state index in [1.54, 1.807) is 0 Å². The van der Waals surface area contributed by atoms with Gasteiger partial charge in [-0.2, -0.15) is 5.48 Å². The molecule has 1 fully saturated rings. The molecule has 0 aliphatic carbocycles. The summed E-state index contributed by atoms with van der Waals surface area (Å²) < 4.78 is 0. The zero-order valence-electron chi connectivity index (χ0n) is 13.2. The van der Waals surface area contributed by atoms with Crippen LogP contribution in [0.1, 0.15) is 5.69 Å². The number of aliphatic carboxylic acids is 1. The summed E-state index contributed by atoms with van der Waals surface area (Å²) in [5, 5.41) is 14.3. The molecule has 1 aromatic heterocycles. The number of carbonyl (C=O) groups is 4. The first-order valence-electron chi connectivity index (χ1n) is 6.83. The van der Waals surface area contributed by atoms with Gasteiger partial charge in [-0.15, -0.1) is 11.3 Å². The molecule has 1 atom stereocenters. The summed E-state index contributed by atoms with van der Waals surface area (Å²) in [6.07, 6.45) is 0. The van der Waals surface area contributed by atoms with E-state index < -0.39 is 36.3 Å². The van der Waals surface area contributed by atoms with Crippen molar-refractivity contribution in [2.75, 3.05) is 26.0 Å². The zero-order valence-corrected chi connectivity index (χ0v) is 14.0. The monoisotopic (exact) mass is 387 g/mol. The van der Waals surface area contributed by atoms with E-state index in [1.165, 1.54) is 12.5 Å². The molecule has 0 aromatic carbocycles. The normalized spacial score (nSPS) is 16.7. The van der Waals surface area contributed by atoms with Gasteiger partial charge in [-0.25, -0.2) is 19.6 Å². The number of nitrogens with zero attached hydrogens (tertiary/aromatic N) is 3. The third-order valence-electron chi connectivity index (χ3n) is 2.93. The van der Waals surface area contributed by atoms with Crippen LogP contribution >= 0.6 is 11.3 Å². The highest BCUT2D eigenvalue weighted by atomic mass is 32.1. The van der Waals surface area contributed by atoms with Crippen LogP contribution < -0.4 is 11.2 Å². The van der Waals surface area contributed by atoms with Crippen molar-refractivity contribution in [1.82, 2.24) is 15.5 Å². The molecule has 0 saturated carbocycles. The fourth-order valence-electron chi connectivity index (χ4n) is 1.73. The lowest BCUT2D eigenvalue weighted by Crippen LogP contribution is -2.57. The van der Waals surface area contributed by atoms with Gasteiger partial charge in [-0.1, -0.05) is 5.16 Å². The maximum Gasteiger partial charge on any atom is 0.346 e. The van der Waals surface area contributed by atoms with E-state index in [1.807, 2.05) is 5.48 Å². The van der Waals surface area contributed by atoms with Gasteiger partial charge in [0.15, 0.2) is 23.4 Å². The number of amides is 2. The number of thiazole rings is 1. The van der Waals surface area contributed by atoms with Crippen LogP contribution in [-0.2, 0) is 33.7 Å². The minimum absolute atomic E-state index is 0.107. The Hall–Kier alpha value is -3.26. The highest BCUT2D eigenvalue weighted by Gasteiger charge is 2.45. The summed E-state index contributed by atoms with van der Waals surface area (Å²) in [6.45, 7) is -0.930. The lowest BCUT2D eigenvalue weighted by atomic mass is 10.0. The highest BCUT2D eigenvalue weighted by Crippen LogP contribution is 2.19. The molecule has 1 aliphatic rings. The van der Waals surface area contributed by atoms with Crippen LogP contribution in [0.25, 0.3) is 0 Å². The molecule has 0 bridgehead atoms. The Labute approximate surface area is 149 Å². The second kappa shape index (κ2) is 8.21. The van der Waals surface area contributed by atoms with Crippen molar-refractivity contribution in [3.05, 3.63) is 11.1 Å². The minimum atomic E-state index is -1.27. The van der Waals surface area contributed by atoms with Crippen molar-refractivity contribution < 1.29 is 38.8 Å². The molecule has 1 saturated heterocycles. The first-order valence-corrected chi connectivity index (χ1v) is 7.71. The minimum Gasteiger partial charge on any atom is -0.479 e. The van der Waals surface area contributed by atoms with Crippen molar-refractivity contribution in [2.24, 2.45) is 11.1 Å². The van der Waals surface area contributed by atoms with E-state index >= 15 is 0 Å². The van der Waals surface area contributed by atoms with Gasteiger partial charge < -0.3 is 20.5 Å². The summed E-state index contributed by atoms with van der Waals surface area (Å²) in [6, 6.07) is 0. The number of rotatable bonds is 7. The third-order valence-corrected chi connectivity index (χ3v) is 3.60. The number of hydrogen-bond donors (Lipinski definition) is 3. The molecule has 14 heteroatoms. The number of carboxylic acids is 1. The van der Waals surface area contributed by atoms with E-state index in [4.69, 9.17) is 10.8 Å². The topological polar surface area (TPSA) is 183 Å². The smallest absolute Gasteiger partial charge is 0.346 e. The van der Waals surface area contributed by atoms with Crippen molar-refractivity contribution >= 4 is 45.9 Å². The van der Waals surface area contributed by atoms with Crippen LogP contribution in [0, 0.1) is 5.92 Å². The van der Waals surface area contributed by atoms with Crippen LogP contribution in [0.3, 0.4) is 0 Å². The second-order valence-corrected chi connectivity index (χ2v) is 5.55. The van der Waals surface area contributed by atoms with Crippen molar-refractivity contribution in [2.45, 2.75) is 0 Å². The van der Waals surface area contributed by atoms with Gasteiger partial charge in [0.2, 0.25) is 0 Å². The van der Waals surface area contributed by atoms with Crippen LogP contribution in [-0.4, -0.2) is 64.9 Å². The van der Waals surface area contributed by atoms with E-state index in [-0.39, 0.29) is 23.1 Å². The summed E-state index contributed by atoms with van der Waals surface area (Å²) >= 11 is 1.06. The van der Waals surface area contributed by atoms with Crippen LogP contribution in [0.5, 0.6) is 0 Å². The van der Waals surface area contributed by atoms with Gasteiger partial charge in [0.05, 0.1) is 6.54 Å². The van der Waals surface area contributed by atoms with Crippen LogP contribution in [0.15, 0.2) is 10.5 Å². The average molecular weight is 387 g/mol. The molecule has 2 amide bonds. The largest absolute Gasteiger partial charge is 0.479 e. The Balaban J connectivity index is 1.87. The van der Waals surface area contributed by atoms with E-state index in [2.05, 4.69) is 24.7 Å². The number of nitrogens with two attached hydrogens (primary N) is 1. The zero-order chi connectivity index (χ0) is 19.3. The highest BCUT2D eigenvalue weighted by molar-refractivity contribution is 7.13. The second-order valence-electron chi connectivity index (χ2n) is 4.66. The van der Waals surface area contributed by atoms with E-state index in [0.29, 0.717) is 5.06 Å². The van der Waals surface area contributed by atoms with Gasteiger partial charge in [0, 0.05) is 5.38 Å². The summed E-state index contributed by atoms with van der Waals surface area (Å²) in [7, 11) is 1.20. The number of nitrogen functional groups attached to an aromatic ring is 1. The number of hydrogen-bond acceptors (Lipinski definition) is 11. The van der Waals surface area contributed by atoms with E-state index in [0.717, 1.165) is 11.3 Å². The maximum atomic E-state index is 12.0. The molecule has 0 spiro atoms. The fraction of sp³-hybridized carbons (Fsp3) is 0.333. The Morgan fingerprint density at radius 2 is 2.27 bits per heavy atom. The third kappa shape index (κ3) is 4.42. The van der Waals surface area contributed by atoms with Crippen LogP contribution in [0.4, 0.5) is 5.13 Å². The predicted octanol–water partition coefficient (Wildman–Crippen LogP) is -1.88. The van der Waals surface area contributed by atoms with Gasteiger partial charge in [0.25, 0.3) is 5.91 Å². The van der Waals surface area contributed by atoms with Gasteiger partial charge in [0.1, 0.15) is 12.8 Å². The number of carboxylic acid groups (broad SMARTS) is 1. The quantitative estimate of drug-likeness (QED) is 0.207. The number of β-lactam (4-membered cyclic amide) rings is 1. The van der Waals surface area contributed by atoms with Crippen molar-refractivity contribution in [1.29, 1.82) is 0 Å². The van der Waals surface area contributed by atoms with Crippen LogP contribution in [0.2, 0.25) is 0 Å². The number of oxime groups is 1. The summed E-state index contributed by atoms with van der Waals surface area (Å²) in [4.78, 5) is 63.4. The Bertz CT molecular complexity index is 763. The van der Waals surface area contributed by atoms with Gasteiger partial charge in [-0.05, 0) is 0 Å². The fourth-order valence-corrected chi connectivity index (χ4v) is 2.28. The SMILES string of the molecule is CON=C(C(=O)NOC(=O)[C@@H]1CN(OCC(=O)O)C1=O)c1csc(N)n1. The Morgan fingerprint density at radius 1 is 1.54 bits per heavy atom. The molecule has 26 heavy (non-hydrogen) atoms. The van der Waals surface area contributed by atoms with Crippen molar-refractivity contribution in [3.8, 4) is 0 Å². The molecular formula is C12H13N5O8S. The number of carbonyl (C=O) groups excluding carboxylic acids is 3. The molecule has 4 N–H and O–H groups in total. The number of hydroxylamine groups is 3. The van der Waals surface area contributed by atoms with E-state index in [9.17, 15) is 19.2 Å². The molecule has 2 rings (SSSR count). The first-order chi connectivity index (χ1) is 12.3. The molecule has 13 nitrogen and oxygen atoms in total. The Morgan fingerprint density at radius 3 is 2.81 bits per heavy atom.